The maximum Gasteiger partial charge on any atom is 0.305 e. The number of aliphatic hydroxyl groups excluding tert-OH is 1. The first-order valence-corrected chi connectivity index (χ1v) is 9.38. The van der Waals surface area contributed by atoms with Crippen LogP contribution < -0.4 is 0 Å². The molecule has 1 N–H and O–H groups in total. The van der Waals surface area contributed by atoms with Gasteiger partial charge in [-0.05, 0) is 25.7 Å². The first-order valence-electron chi connectivity index (χ1n) is 9.38. The van der Waals surface area contributed by atoms with Crippen molar-refractivity contribution in [1.82, 2.24) is 0 Å². The molecule has 0 spiro atoms. The van der Waals surface area contributed by atoms with Crippen LogP contribution >= 0.6 is 0 Å². The molecule has 5 heteroatoms. The van der Waals surface area contributed by atoms with Gasteiger partial charge in [0.15, 0.2) is 0 Å². The van der Waals surface area contributed by atoms with E-state index in [1.807, 2.05) is 0 Å². The van der Waals surface area contributed by atoms with Crippen LogP contribution in [-0.4, -0.2) is 50.7 Å². The number of carbonyl (C=O) groups excluding carboxylic acids is 1. The zero-order valence-electron chi connectivity index (χ0n) is 15.3. The number of aliphatic hydroxyl groups is 1. The number of rotatable bonds is 18. The average Bonchev–Trinajstić information content (AvgIpc) is 2.59. The van der Waals surface area contributed by atoms with E-state index >= 15 is 0 Å². The summed E-state index contributed by atoms with van der Waals surface area (Å²) in [5.74, 6) is -0.144. The Balaban J connectivity index is 3.19. The van der Waals surface area contributed by atoms with Gasteiger partial charge in [0.2, 0.25) is 0 Å². The summed E-state index contributed by atoms with van der Waals surface area (Å²) in [6.07, 6.45) is 14.3. The van der Waals surface area contributed by atoms with Crippen LogP contribution in [0.5, 0.6) is 0 Å². The summed E-state index contributed by atoms with van der Waals surface area (Å²) in [5, 5.41) is 8.51. The minimum absolute atomic E-state index is 0.0211. The predicted octanol–water partition coefficient (Wildman–Crippen LogP) is 3.64. The van der Waals surface area contributed by atoms with Crippen molar-refractivity contribution in [3.05, 3.63) is 12.2 Å². The van der Waals surface area contributed by atoms with Crippen molar-refractivity contribution in [2.24, 2.45) is 0 Å². The van der Waals surface area contributed by atoms with Crippen molar-refractivity contribution >= 4 is 5.97 Å². The molecule has 0 aliphatic rings. The molecule has 0 rings (SSSR count). The molecule has 0 aliphatic heterocycles. The van der Waals surface area contributed by atoms with Gasteiger partial charge in [-0.15, -0.1) is 0 Å². The Morgan fingerprint density at radius 2 is 1.46 bits per heavy atom. The van der Waals surface area contributed by atoms with E-state index in [9.17, 15) is 4.79 Å². The Kier molecular flexibility index (Phi) is 19.4. The third-order valence-electron chi connectivity index (χ3n) is 3.49. The number of unbranched alkanes of at least 4 members (excludes halogenated alkanes) is 6. The summed E-state index contributed by atoms with van der Waals surface area (Å²) in [7, 11) is 0. The highest BCUT2D eigenvalue weighted by atomic mass is 16.6. The van der Waals surface area contributed by atoms with Gasteiger partial charge in [0.1, 0.15) is 6.61 Å². The number of hydrogen-bond acceptors (Lipinski definition) is 5. The first kappa shape index (κ1) is 23.1. The maximum atomic E-state index is 11.5. The highest BCUT2D eigenvalue weighted by Gasteiger charge is 2.02. The second kappa shape index (κ2) is 20.1. The summed E-state index contributed by atoms with van der Waals surface area (Å²) in [6.45, 7) is 4.13. The smallest absolute Gasteiger partial charge is 0.305 e. The fourth-order valence-electron chi connectivity index (χ4n) is 2.12. The Hall–Kier alpha value is -0.910. The topological polar surface area (TPSA) is 65.0 Å². The van der Waals surface area contributed by atoms with Crippen molar-refractivity contribution in [2.45, 2.75) is 64.7 Å². The fourth-order valence-corrected chi connectivity index (χ4v) is 2.12. The Morgan fingerprint density at radius 1 is 0.833 bits per heavy atom. The van der Waals surface area contributed by atoms with Gasteiger partial charge in [0, 0.05) is 6.42 Å². The summed E-state index contributed by atoms with van der Waals surface area (Å²) in [5.41, 5.74) is 0. The van der Waals surface area contributed by atoms with Gasteiger partial charge in [0.25, 0.3) is 0 Å². The zero-order chi connectivity index (χ0) is 17.7. The van der Waals surface area contributed by atoms with Crippen molar-refractivity contribution in [2.75, 3.05) is 39.6 Å². The molecule has 0 aromatic rings. The van der Waals surface area contributed by atoms with Crippen LogP contribution in [0, 0.1) is 0 Å². The van der Waals surface area contributed by atoms with Gasteiger partial charge in [-0.2, -0.15) is 0 Å². The number of ether oxygens (including phenoxy) is 3. The lowest BCUT2D eigenvalue weighted by atomic mass is 10.1. The Morgan fingerprint density at radius 3 is 2.17 bits per heavy atom. The Labute approximate surface area is 147 Å². The van der Waals surface area contributed by atoms with Crippen LogP contribution in [0.1, 0.15) is 64.7 Å². The van der Waals surface area contributed by atoms with Gasteiger partial charge >= 0.3 is 5.97 Å². The molecular weight excluding hydrogens is 308 g/mol. The number of carbonyl (C=O) groups is 1. The highest BCUT2D eigenvalue weighted by Crippen LogP contribution is 2.07. The van der Waals surface area contributed by atoms with Gasteiger partial charge in [-0.1, -0.05) is 44.8 Å². The lowest BCUT2D eigenvalue weighted by Gasteiger charge is -2.06. The molecule has 5 nitrogen and oxygen atoms in total. The average molecular weight is 344 g/mol. The van der Waals surface area contributed by atoms with Crippen LogP contribution in [0.15, 0.2) is 12.2 Å². The molecule has 0 aromatic heterocycles. The lowest BCUT2D eigenvalue weighted by molar-refractivity contribution is -0.145. The third kappa shape index (κ3) is 19.1. The van der Waals surface area contributed by atoms with E-state index < -0.39 is 0 Å². The SMILES string of the molecule is CCCC/C=C\CCCCCCC(=O)OCCOCCOCCO. The predicted molar refractivity (Wildman–Crippen MR) is 96.0 cm³/mol. The first-order chi connectivity index (χ1) is 11.8. The minimum Gasteiger partial charge on any atom is -0.463 e. The summed E-state index contributed by atoms with van der Waals surface area (Å²) < 4.78 is 15.4. The van der Waals surface area contributed by atoms with Crippen LogP contribution in [-0.2, 0) is 19.0 Å². The number of hydrogen-bond donors (Lipinski definition) is 1. The zero-order valence-corrected chi connectivity index (χ0v) is 15.3. The normalized spacial score (nSPS) is 11.2. The van der Waals surface area contributed by atoms with Gasteiger partial charge < -0.3 is 19.3 Å². The summed E-state index contributed by atoms with van der Waals surface area (Å²) in [4.78, 5) is 11.5. The van der Waals surface area contributed by atoms with Crippen LogP contribution in [0.2, 0.25) is 0 Å². The molecule has 0 saturated carbocycles. The molecule has 0 saturated heterocycles. The number of esters is 1. The third-order valence-corrected chi connectivity index (χ3v) is 3.49. The van der Waals surface area contributed by atoms with E-state index in [-0.39, 0.29) is 12.6 Å². The van der Waals surface area contributed by atoms with Crippen LogP contribution in [0.3, 0.4) is 0 Å². The molecule has 0 radical (unpaired) electrons. The highest BCUT2D eigenvalue weighted by molar-refractivity contribution is 5.69. The maximum absolute atomic E-state index is 11.5. The van der Waals surface area contributed by atoms with E-state index in [4.69, 9.17) is 19.3 Å². The van der Waals surface area contributed by atoms with Gasteiger partial charge in [-0.25, -0.2) is 0 Å². The molecule has 142 valence electrons. The Bertz CT molecular complexity index is 291. The second-order valence-corrected chi connectivity index (χ2v) is 5.74. The number of allylic oxidation sites excluding steroid dienone is 2. The van der Waals surface area contributed by atoms with Crippen molar-refractivity contribution < 1.29 is 24.1 Å². The molecular formula is C19H36O5. The standard InChI is InChI=1S/C19H36O5/c1-2-3-4-5-6-7-8-9-10-11-12-19(21)24-18-17-23-16-15-22-14-13-20/h5-6,20H,2-4,7-18H2,1H3/b6-5-. The van der Waals surface area contributed by atoms with E-state index in [1.165, 1.54) is 32.1 Å². The van der Waals surface area contributed by atoms with E-state index in [2.05, 4.69) is 19.1 Å². The minimum atomic E-state index is -0.144. The van der Waals surface area contributed by atoms with Crippen LogP contribution in [0.4, 0.5) is 0 Å². The lowest BCUT2D eigenvalue weighted by Crippen LogP contribution is -2.13. The molecule has 24 heavy (non-hydrogen) atoms. The molecule has 0 amide bonds. The van der Waals surface area contributed by atoms with Crippen molar-refractivity contribution in [3.63, 3.8) is 0 Å². The monoisotopic (exact) mass is 344 g/mol. The van der Waals surface area contributed by atoms with E-state index in [1.54, 1.807) is 0 Å². The molecule has 0 unspecified atom stereocenters. The van der Waals surface area contributed by atoms with Crippen molar-refractivity contribution in [1.29, 1.82) is 0 Å². The fraction of sp³-hybridized carbons (Fsp3) is 0.842. The molecule has 0 fully saturated rings. The van der Waals surface area contributed by atoms with Crippen molar-refractivity contribution in [3.8, 4) is 0 Å². The van der Waals surface area contributed by atoms with E-state index in [0.717, 1.165) is 19.3 Å². The van der Waals surface area contributed by atoms with E-state index in [0.29, 0.717) is 39.5 Å². The molecule has 0 aliphatic carbocycles. The van der Waals surface area contributed by atoms with Gasteiger partial charge in [0.05, 0.1) is 33.0 Å². The molecule has 0 heterocycles. The van der Waals surface area contributed by atoms with Gasteiger partial charge in [-0.3, -0.25) is 4.79 Å². The molecule has 0 aromatic carbocycles. The molecule has 0 bridgehead atoms. The second-order valence-electron chi connectivity index (χ2n) is 5.74. The summed E-state index contributed by atoms with van der Waals surface area (Å²) >= 11 is 0. The largest absolute Gasteiger partial charge is 0.463 e. The molecule has 0 atom stereocenters. The quantitative estimate of drug-likeness (QED) is 0.234. The van der Waals surface area contributed by atoms with Crippen LogP contribution in [0.25, 0.3) is 0 Å². The summed E-state index contributed by atoms with van der Waals surface area (Å²) in [6, 6.07) is 0.